The van der Waals surface area contributed by atoms with Gasteiger partial charge < -0.3 is 5.32 Å². The highest BCUT2D eigenvalue weighted by molar-refractivity contribution is 7.92. The predicted octanol–water partition coefficient (Wildman–Crippen LogP) is 3.64. The van der Waals surface area contributed by atoms with Crippen molar-refractivity contribution in [1.82, 2.24) is 5.32 Å². The van der Waals surface area contributed by atoms with Crippen molar-refractivity contribution in [2.24, 2.45) is 11.8 Å². The molecule has 6 heteroatoms. The van der Waals surface area contributed by atoms with Gasteiger partial charge in [0.25, 0.3) is 0 Å². The Kier molecular flexibility index (Phi) is 7.69. The van der Waals surface area contributed by atoms with Crippen LogP contribution >= 0.6 is 0 Å². The van der Waals surface area contributed by atoms with Crippen LogP contribution in [0.15, 0.2) is 18.2 Å². The molecule has 148 valence electrons. The summed E-state index contributed by atoms with van der Waals surface area (Å²) in [5.41, 5.74) is 2.36. The maximum Gasteiger partial charge on any atom is 0.244 e. The number of hydrogen-bond donors (Lipinski definition) is 1. The largest absolute Gasteiger partial charge is 0.351 e. The van der Waals surface area contributed by atoms with Crippen LogP contribution in [0.2, 0.25) is 0 Å². The zero-order chi connectivity index (χ0) is 20.2. The fourth-order valence-corrected chi connectivity index (χ4v) is 4.62. The van der Waals surface area contributed by atoms with E-state index in [0.29, 0.717) is 12.1 Å². The Balaban J connectivity index is 3.35. The highest BCUT2D eigenvalue weighted by Crippen LogP contribution is 2.27. The van der Waals surface area contributed by atoms with E-state index in [0.717, 1.165) is 17.4 Å². The van der Waals surface area contributed by atoms with E-state index in [9.17, 15) is 13.2 Å². The van der Waals surface area contributed by atoms with Crippen LogP contribution in [-0.2, 0) is 14.8 Å². The van der Waals surface area contributed by atoms with Crippen molar-refractivity contribution in [3.05, 3.63) is 29.3 Å². The van der Waals surface area contributed by atoms with Gasteiger partial charge in [-0.25, -0.2) is 8.42 Å². The summed E-state index contributed by atoms with van der Waals surface area (Å²) in [6.45, 7) is 13.9. The standard InChI is InChI=1S/C20H34N2O3S/c1-9-17(20(23)21-19(13(2)3)14(4)5)22(26(8,24)25)18-12-15(6)10-11-16(18)7/h10-14,17,19H,9H2,1-8H3,(H,21,23)/t17-/m0/s1. The van der Waals surface area contributed by atoms with Gasteiger partial charge in [-0.05, 0) is 49.3 Å². The van der Waals surface area contributed by atoms with Crippen molar-refractivity contribution < 1.29 is 13.2 Å². The Morgan fingerprint density at radius 1 is 1.12 bits per heavy atom. The number of hydrogen-bond acceptors (Lipinski definition) is 3. The molecule has 0 saturated carbocycles. The third-order valence-corrected chi connectivity index (χ3v) is 5.84. The molecule has 1 amide bonds. The van der Waals surface area contributed by atoms with Gasteiger partial charge >= 0.3 is 0 Å². The first kappa shape index (κ1) is 22.5. The summed E-state index contributed by atoms with van der Waals surface area (Å²) in [7, 11) is -3.62. The minimum Gasteiger partial charge on any atom is -0.351 e. The van der Waals surface area contributed by atoms with Crippen LogP contribution in [0.1, 0.15) is 52.2 Å². The molecule has 1 N–H and O–H groups in total. The maximum absolute atomic E-state index is 13.0. The summed E-state index contributed by atoms with van der Waals surface area (Å²) in [6, 6.07) is 4.88. The molecule has 1 atom stereocenters. The highest BCUT2D eigenvalue weighted by atomic mass is 32.2. The van der Waals surface area contributed by atoms with Crippen molar-refractivity contribution in [2.45, 2.75) is 67.0 Å². The Morgan fingerprint density at radius 2 is 1.65 bits per heavy atom. The Bertz CT molecular complexity index is 719. The summed E-state index contributed by atoms with van der Waals surface area (Å²) in [5, 5.41) is 3.08. The van der Waals surface area contributed by atoms with Crippen LogP contribution in [0.3, 0.4) is 0 Å². The van der Waals surface area contributed by atoms with Crippen molar-refractivity contribution in [3.63, 3.8) is 0 Å². The van der Waals surface area contributed by atoms with Crippen molar-refractivity contribution in [3.8, 4) is 0 Å². The number of benzene rings is 1. The van der Waals surface area contributed by atoms with Gasteiger partial charge in [-0.15, -0.1) is 0 Å². The summed E-state index contributed by atoms with van der Waals surface area (Å²) < 4.78 is 26.5. The molecule has 0 aliphatic heterocycles. The van der Waals surface area contributed by atoms with E-state index < -0.39 is 16.1 Å². The SMILES string of the molecule is CC[C@@H](C(=O)NC(C(C)C)C(C)C)N(c1cc(C)ccc1C)S(C)(=O)=O. The van der Waals surface area contributed by atoms with E-state index in [1.54, 1.807) is 0 Å². The van der Waals surface area contributed by atoms with Crippen LogP contribution in [0.5, 0.6) is 0 Å². The van der Waals surface area contributed by atoms with Crippen molar-refractivity contribution >= 4 is 21.6 Å². The molecule has 1 aromatic rings. The third-order valence-electron chi connectivity index (χ3n) is 4.68. The second-order valence-electron chi connectivity index (χ2n) is 7.80. The quantitative estimate of drug-likeness (QED) is 0.746. The van der Waals surface area contributed by atoms with Crippen molar-refractivity contribution in [1.29, 1.82) is 0 Å². The van der Waals surface area contributed by atoms with Crippen molar-refractivity contribution in [2.75, 3.05) is 10.6 Å². The number of nitrogens with zero attached hydrogens (tertiary/aromatic N) is 1. The summed E-state index contributed by atoms with van der Waals surface area (Å²) in [5.74, 6) is 0.291. The molecule has 0 spiro atoms. The Hall–Kier alpha value is -1.56. The predicted molar refractivity (Wildman–Crippen MR) is 109 cm³/mol. The van der Waals surface area contributed by atoms with Crippen LogP contribution in [0.4, 0.5) is 5.69 Å². The molecule has 26 heavy (non-hydrogen) atoms. The topological polar surface area (TPSA) is 66.5 Å². The number of aryl methyl sites for hydroxylation is 2. The molecular formula is C20H34N2O3S. The average Bonchev–Trinajstić information content (AvgIpc) is 2.50. The van der Waals surface area contributed by atoms with Gasteiger partial charge in [0.1, 0.15) is 6.04 Å². The molecule has 0 aromatic heterocycles. The van der Waals surface area contributed by atoms with E-state index in [1.165, 1.54) is 4.31 Å². The molecule has 0 bridgehead atoms. The Labute approximate surface area is 159 Å². The number of carbonyl (C=O) groups is 1. The lowest BCUT2D eigenvalue weighted by molar-refractivity contribution is -0.123. The maximum atomic E-state index is 13.0. The highest BCUT2D eigenvalue weighted by Gasteiger charge is 2.34. The minimum atomic E-state index is -3.62. The van der Waals surface area contributed by atoms with Gasteiger partial charge in [0.2, 0.25) is 15.9 Å². The van der Waals surface area contributed by atoms with E-state index in [1.807, 2.05) is 39.0 Å². The molecule has 0 heterocycles. The first-order chi connectivity index (χ1) is 11.9. The molecule has 0 unspecified atom stereocenters. The van der Waals surface area contributed by atoms with Crippen LogP contribution in [0.25, 0.3) is 0 Å². The number of carbonyl (C=O) groups excluding carboxylic acids is 1. The number of rotatable bonds is 8. The van der Waals surface area contributed by atoms with Gasteiger partial charge in [0, 0.05) is 6.04 Å². The summed E-state index contributed by atoms with van der Waals surface area (Å²) in [6.07, 6.45) is 1.56. The van der Waals surface area contributed by atoms with Gasteiger partial charge in [-0.3, -0.25) is 9.10 Å². The smallest absolute Gasteiger partial charge is 0.244 e. The fourth-order valence-electron chi connectivity index (χ4n) is 3.36. The van der Waals surface area contributed by atoms with E-state index in [4.69, 9.17) is 0 Å². The second-order valence-corrected chi connectivity index (χ2v) is 9.65. The molecule has 0 aliphatic rings. The average molecular weight is 383 g/mol. The van der Waals surface area contributed by atoms with E-state index in [2.05, 4.69) is 33.0 Å². The lowest BCUT2D eigenvalue weighted by atomic mass is 9.93. The Morgan fingerprint density at radius 3 is 2.08 bits per heavy atom. The van der Waals surface area contributed by atoms with Crippen LogP contribution < -0.4 is 9.62 Å². The van der Waals surface area contributed by atoms with E-state index in [-0.39, 0.29) is 23.8 Å². The van der Waals surface area contributed by atoms with Crippen LogP contribution in [0, 0.1) is 25.7 Å². The molecule has 1 aromatic carbocycles. The zero-order valence-corrected chi connectivity index (χ0v) is 18.1. The second kappa shape index (κ2) is 8.89. The lowest BCUT2D eigenvalue weighted by Crippen LogP contribution is -2.53. The fraction of sp³-hybridized carbons (Fsp3) is 0.650. The number of nitrogens with one attached hydrogen (secondary N) is 1. The molecule has 0 saturated heterocycles. The lowest BCUT2D eigenvalue weighted by Gasteiger charge is -2.34. The molecular weight excluding hydrogens is 348 g/mol. The normalized spacial score (nSPS) is 13.3. The monoisotopic (exact) mass is 382 g/mol. The number of amides is 1. The molecule has 0 aliphatic carbocycles. The molecule has 5 nitrogen and oxygen atoms in total. The first-order valence-corrected chi connectivity index (χ1v) is 11.1. The van der Waals surface area contributed by atoms with Crippen LogP contribution in [-0.4, -0.2) is 32.7 Å². The molecule has 0 radical (unpaired) electrons. The third kappa shape index (κ3) is 5.47. The minimum absolute atomic E-state index is 0.00318. The van der Waals surface area contributed by atoms with Gasteiger partial charge in [0.05, 0.1) is 11.9 Å². The number of sulfonamides is 1. The molecule has 1 rings (SSSR count). The summed E-state index contributed by atoms with van der Waals surface area (Å²) in [4.78, 5) is 13.0. The van der Waals surface area contributed by atoms with Gasteiger partial charge in [0.15, 0.2) is 0 Å². The van der Waals surface area contributed by atoms with Gasteiger partial charge in [-0.2, -0.15) is 0 Å². The number of anilines is 1. The van der Waals surface area contributed by atoms with Gasteiger partial charge in [-0.1, -0.05) is 46.8 Å². The van der Waals surface area contributed by atoms with E-state index >= 15 is 0 Å². The first-order valence-electron chi connectivity index (χ1n) is 9.27. The summed E-state index contributed by atoms with van der Waals surface area (Å²) >= 11 is 0. The zero-order valence-electron chi connectivity index (χ0n) is 17.3. The molecule has 0 fully saturated rings.